The summed E-state index contributed by atoms with van der Waals surface area (Å²) in [5.74, 6) is 0.0244. The molecular weight excluding hydrogens is 420 g/mol. The molecule has 2 amide bonds. The Bertz CT molecular complexity index is 1270. The van der Waals surface area contributed by atoms with E-state index in [-0.39, 0.29) is 11.8 Å². The monoisotopic (exact) mass is 444 g/mol. The Hall–Kier alpha value is -3.45. The number of aromatic nitrogens is 2. The number of rotatable bonds is 6. The van der Waals surface area contributed by atoms with Crippen molar-refractivity contribution < 1.29 is 9.59 Å². The molecule has 0 spiro atoms. The zero-order chi connectivity index (χ0) is 22.1. The third-order valence-corrected chi connectivity index (χ3v) is 7.04. The zero-order valence-corrected chi connectivity index (χ0v) is 18.6. The summed E-state index contributed by atoms with van der Waals surface area (Å²) in [6, 6.07) is 21.5. The molecule has 0 bridgehead atoms. The fourth-order valence-electron chi connectivity index (χ4n) is 4.33. The molecule has 1 aliphatic rings. The molecule has 0 saturated carbocycles. The van der Waals surface area contributed by atoms with E-state index in [4.69, 9.17) is 0 Å². The summed E-state index contributed by atoms with van der Waals surface area (Å²) >= 11 is 1.66. The van der Waals surface area contributed by atoms with Crippen LogP contribution in [0.4, 0.5) is 0 Å². The molecule has 5 rings (SSSR count). The molecule has 0 aliphatic carbocycles. The molecular formula is C25H24N4O2S. The third kappa shape index (κ3) is 3.58. The second-order valence-electron chi connectivity index (χ2n) is 8.24. The highest BCUT2D eigenvalue weighted by molar-refractivity contribution is 7.09. The minimum absolute atomic E-state index is 0.163. The van der Waals surface area contributed by atoms with Gasteiger partial charge in [-0.15, -0.1) is 11.3 Å². The number of hydrogen-bond acceptors (Lipinski definition) is 4. The number of carbonyl (C=O) groups excluding carboxylic acids is 2. The van der Waals surface area contributed by atoms with Gasteiger partial charge in [0.25, 0.3) is 5.91 Å². The molecule has 2 aromatic heterocycles. The lowest BCUT2D eigenvalue weighted by Crippen LogP contribution is -2.64. The number of thiophene rings is 1. The molecule has 0 unspecified atom stereocenters. The second kappa shape index (κ2) is 8.24. The average Bonchev–Trinajstić information content (AvgIpc) is 3.46. The molecule has 7 heteroatoms. The SMILES string of the molecule is C[C@]1(C(=O)NCc2ccccc2)Cn2c(nc3ccccc32)C(=O)N1CCc1cccs1. The first-order valence-electron chi connectivity index (χ1n) is 10.7. The highest BCUT2D eigenvalue weighted by atomic mass is 32.1. The van der Waals surface area contributed by atoms with E-state index < -0.39 is 5.54 Å². The number of nitrogens with zero attached hydrogens (tertiary/aromatic N) is 3. The van der Waals surface area contributed by atoms with Crippen LogP contribution in [0.5, 0.6) is 0 Å². The average molecular weight is 445 g/mol. The van der Waals surface area contributed by atoms with Gasteiger partial charge in [-0.2, -0.15) is 0 Å². The van der Waals surface area contributed by atoms with Crippen LogP contribution in [-0.4, -0.2) is 38.3 Å². The van der Waals surface area contributed by atoms with E-state index in [9.17, 15) is 9.59 Å². The van der Waals surface area contributed by atoms with Crippen molar-refractivity contribution in [2.75, 3.05) is 6.54 Å². The molecule has 4 aromatic rings. The number of fused-ring (bicyclic) bond motifs is 3. The van der Waals surface area contributed by atoms with Gasteiger partial charge in [-0.05, 0) is 42.5 Å². The summed E-state index contributed by atoms with van der Waals surface area (Å²) in [6.45, 7) is 3.09. The summed E-state index contributed by atoms with van der Waals surface area (Å²) in [5, 5.41) is 5.09. The molecule has 0 saturated heterocycles. The Labute approximate surface area is 190 Å². The molecule has 1 atom stereocenters. The Morgan fingerprint density at radius 3 is 2.66 bits per heavy atom. The maximum atomic E-state index is 13.6. The van der Waals surface area contributed by atoms with Crippen molar-refractivity contribution in [1.29, 1.82) is 0 Å². The number of imidazole rings is 1. The fraction of sp³-hybridized carbons (Fsp3) is 0.240. The smallest absolute Gasteiger partial charge is 0.290 e. The van der Waals surface area contributed by atoms with E-state index in [1.165, 1.54) is 4.88 Å². The van der Waals surface area contributed by atoms with Crippen LogP contribution < -0.4 is 5.32 Å². The number of amides is 2. The Morgan fingerprint density at radius 1 is 1.09 bits per heavy atom. The first kappa shape index (κ1) is 20.5. The molecule has 3 heterocycles. The molecule has 6 nitrogen and oxygen atoms in total. The van der Waals surface area contributed by atoms with Gasteiger partial charge in [0.15, 0.2) is 5.82 Å². The highest BCUT2D eigenvalue weighted by Gasteiger charge is 2.48. The number of hydrogen-bond donors (Lipinski definition) is 1. The van der Waals surface area contributed by atoms with Crippen molar-refractivity contribution in [2.24, 2.45) is 0 Å². The van der Waals surface area contributed by atoms with Crippen molar-refractivity contribution >= 4 is 34.2 Å². The molecule has 162 valence electrons. The molecule has 0 fully saturated rings. The van der Waals surface area contributed by atoms with Gasteiger partial charge in [-0.3, -0.25) is 9.59 Å². The third-order valence-electron chi connectivity index (χ3n) is 6.10. The Morgan fingerprint density at radius 2 is 1.88 bits per heavy atom. The highest BCUT2D eigenvalue weighted by Crippen LogP contribution is 2.31. The zero-order valence-electron chi connectivity index (χ0n) is 17.8. The van der Waals surface area contributed by atoms with Crippen molar-refractivity contribution in [3.8, 4) is 0 Å². The predicted octanol–water partition coefficient (Wildman–Crippen LogP) is 3.87. The van der Waals surface area contributed by atoms with Crippen LogP contribution in [-0.2, 0) is 24.3 Å². The van der Waals surface area contributed by atoms with Crippen LogP contribution >= 0.6 is 11.3 Å². The first-order chi connectivity index (χ1) is 15.6. The van der Waals surface area contributed by atoms with Crippen molar-refractivity contribution in [3.63, 3.8) is 0 Å². The van der Waals surface area contributed by atoms with Crippen LogP contribution in [0.3, 0.4) is 0 Å². The quantitative estimate of drug-likeness (QED) is 0.491. The van der Waals surface area contributed by atoms with Gasteiger partial charge in [0.2, 0.25) is 5.91 Å². The van der Waals surface area contributed by atoms with Crippen LogP contribution in [0.2, 0.25) is 0 Å². The standard InChI is InChI=1S/C25H24N4O2S/c1-25(24(31)26-16-18-8-3-2-4-9-18)17-28-21-12-6-5-11-20(21)27-22(28)23(30)29(25)14-13-19-10-7-15-32-19/h2-12,15H,13-14,16-17H2,1H3,(H,26,31)/t25-/m1/s1. The Balaban J connectivity index is 1.49. The van der Waals surface area contributed by atoms with E-state index in [2.05, 4.69) is 16.4 Å². The molecule has 1 N–H and O–H groups in total. The van der Waals surface area contributed by atoms with Crippen molar-refractivity contribution in [2.45, 2.75) is 32.0 Å². The molecule has 32 heavy (non-hydrogen) atoms. The van der Waals surface area contributed by atoms with Crippen LogP contribution in [0, 0.1) is 0 Å². The van der Waals surface area contributed by atoms with Gasteiger partial charge in [-0.25, -0.2) is 4.98 Å². The summed E-state index contributed by atoms with van der Waals surface area (Å²) in [7, 11) is 0. The maximum Gasteiger partial charge on any atom is 0.290 e. The fourth-order valence-corrected chi connectivity index (χ4v) is 5.02. The molecule has 1 aliphatic heterocycles. The van der Waals surface area contributed by atoms with E-state index in [0.717, 1.165) is 16.6 Å². The summed E-state index contributed by atoms with van der Waals surface area (Å²) in [5.41, 5.74) is 1.63. The minimum atomic E-state index is -1.03. The van der Waals surface area contributed by atoms with Crippen LogP contribution in [0.15, 0.2) is 72.1 Å². The van der Waals surface area contributed by atoms with Crippen LogP contribution in [0.25, 0.3) is 11.0 Å². The van der Waals surface area contributed by atoms with Gasteiger partial charge in [0, 0.05) is 18.0 Å². The van der Waals surface area contributed by atoms with Gasteiger partial charge in [-0.1, -0.05) is 48.5 Å². The normalized spacial score (nSPS) is 18.0. The topological polar surface area (TPSA) is 67.2 Å². The van der Waals surface area contributed by atoms with E-state index in [0.29, 0.717) is 31.9 Å². The Kier molecular flexibility index (Phi) is 5.27. The van der Waals surface area contributed by atoms with E-state index in [1.807, 2.05) is 77.5 Å². The van der Waals surface area contributed by atoms with Gasteiger partial charge >= 0.3 is 0 Å². The lowest BCUT2D eigenvalue weighted by molar-refractivity contribution is -0.133. The van der Waals surface area contributed by atoms with Crippen LogP contribution in [0.1, 0.15) is 28.0 Å². The number of benzene rings is 2. The van der Waals surface area contributed by atoms with E-state index in [1.54, 1.807) is 16.2 Å². The van der Waals surface area contributed by atoms with Gasteiger partial charge in [0.05, 0.1) is 17.6 Å². The van der Waals surface area contributed by atoms with Gasteiger partial charge < -0.3 is 14.8 Å². The first-order valence-corrected chi connectivity index (χ1v) is 11.6. The summed E-state index contributed by atoms with van der Waals surface area (Å²) in [6.07, 6.45) is 0.700. The number of carbonyl (C=O) groups is 2. The maximum absolute atomic E-state index is 13.6. The lowest BCUT2D eigenvalue weighted by atomic mass is 9.94. The molecule has 2 aromatic carbocycles. The van der Waals surface area contributed by atoms with Crippen molar-refractivity contribution in [1.82, 2.24) is 19.8 Å². The number of para-hydroxylation sites is 2. The number of nitrogens with one attached hydrogen (secondary N) is 1. The van der Waals surface area contributed by atoms with E-state index >= 15 is 0 Å². The summed E-state index contributed by atoms with van der Waals surface area (Å²) in [4.78, 5) is 34.6. The lowest BCUT2D eigenvalue weighted by Gasteiger charge is -2.43. The second-order valence-corrected chi connectivity index (χ2v) is 9.27. The largest absolute Gasteiger partial charge is 0.350 e. The minimum Gasteiger partial charge on any atom is -0.350 e. The summed E-state index contributed by atoms with van der Waals surface area (Å²) < 4.78 is 1.89. The van der Waals surface area contributed by atoms with Crippen molar-refractivity contribution in [3.05, 3.63) is 88.4 Å². The molecule has 0 radical (unpaired) electrons. The predicted molar refractivity (Wildman–Crippen MR) is 125 cm³/mol. The van der Waals surface area contributed by atoms with Gasteiger partial charge in [0.1, 0.15) is 5.54 Å².